The van der Waals surface area contributed by atoms with Gasteiger partial charge in [-0.3, -0.25) is 4.68 Å². The van der Waals surface area contributed by atoms with E-state index in [0.29, 0.717) is 36.6 Å². The number of likely N-dealkylation sites (N-methyl/N-ethyl adjacent to an activating group) is 1. The zero-order valence-corrected chi connectivity index (χ0v) is 24.3. The van der Waals surface area contributed by atoms with E-state index in [9.17, 15) is 17.6 Å². The molecule has 6 rings (SSSR count). The van der Waals surface area contributed by atoms with Crippen LogP contribution in [0.5, 0.6) is 11.8 Å². The van der Waals surface area contributed by atoms with Gasteiger partial charge >= 0.3 is 6.61 Å². The van der Waals surface area contributed by atoms with Crippen molar-refractivity contribution in [2.45, 2.75) is 32.2 Å². The first kappa shape index (κ1) is 29.6. The Morgan fingerprint density at radius 3 is 2.55 bits per heavy atom. The van der Waals surface area contributed by atoms with Crippen molar-refractivity contribution in [2.75, 3.05) is 33.9 Å². The van der Waals surface area contributed by atoms with Gasteiger partial charge in [-0.05, 0) is 31.8 Å². The molecule has 0 fully saturated rings. The van der Waals surface area contributed by atoms with E-state index in [-0.39, 0.29) is 41.7 Å². The fourth-order valence-electron chi connectivity index (χ4n) is 5.35. The molecule has 1 aromatic carbocycles. The maximum atomic E-state index is 14.7. The SMILES string of the molecule is CN(C)CCOC1COc2c(-c3nc4n(Cc5ccccc5)cccc-4c3-c3cn(C)nc3OC(F)F)c(C(F)F)nn2C1. The molecule has 0 bridgehead atoms. The van der Waals surface area contributed by atoms with Crippen molar-refractivity contribution in [3.8, 4) is 45.5 Å². The van der Waals surface area contributed by atoms with Gasteiger partial charge < -0.3 is 23.7 Å². The number of hydrogen-bond acceptors (Lipinski definition) is 7. The lowest BCUT2D eigenvalue weighted by Gasteiger charge is -2.25. The Morgan fingerprint density at radius 1 is 1.02 bits per heavy atom. The Bertz CT molecular complexity index is 1700. The smallest absolute Gasteiger partial charge is 0.388 e. The summed E-state index contributed by atoms with van der Waals surface area (Å²) in [5.41, 5.74) is 1.54. The number of aryl methyl sites for hydroxylation is 1. The summed E-state index contributed by atoms with van der Waals surface area (Å²) in [4.78, 5) is 6.85. The zero-order valence-electron chi connectivity index (χ0n) is 24.3. The summed E-state index contributed by atoms with van der Waals surface area (Å²) in [5.74, 6) is 0.201. The topological polar surface area (TPSA) is 84.4 Å². The number of fused-ring (bicyclic) bond motifs is 2. The van der Waals surface area contributed by atoms with E-state index in [2.05, 4.69) is 10.2 Å². The van der Waals surface area contributed by atoms with Crippen LogP contribution >= 0.6 is 0 Å². The van der Waals surface area contributed by atoms with Crippen molar-refractivity contribution in [3.05, 3.63) is 66.1 Å². The number of hydrogen-bond donors (Lipinski definition) is 0. The van der Waals surface area contributed by atoms with E-state index in [0.717, 1.165) is 5.56 Å². The Hall–Kier alpha value is -4.43. The number of aromatic nitrogens is 6. The van der Waals surface area contributed by atoms with Gasteiger partial charge in [0, 0.05) is 43.7 Å². The minimum Gasteiger partial charge on any atom is -0.474 e. The van der Waals surface area contributed by atoms with Gasteiger partial charge in [0.05, 0.1) is 30.0 Å². The second-order valence-corrected chi connectivity index (χ2v) is 10.7. The second-order valence-electron chi connectivity index (χ2n) is 10.7. The highest BCUT2D eigenvalue weighted by atomic mass is 19.3. The van der Waals surface area contributed by atoms with E-state index in [1.807, 2.05) is 60.1 Å². The van der Waals surface area contributed by atoms with Gasteiger partial charge in [0.25, 0.3) is 6.43 Å². The quantitative estimate of drug-likeness (QED) is 0.190. The molecule has 1 unspecified atom stereocenters. The first-order chi connectivity index (χ1) is 21.2. The van der Waals surface area contributed by atoms with Crippen LogP contribution in [0.25, 0.3) is 33.8 Å². The summed E-state index contributed by atoms with van der Waals surface area (Å²) < 4.78 is 77.5. The van der Waals surface area contributed by atoms with E-state index >= 15 is 0 Å². The molecule has 44 heavy (non-hydrogen) atoms. The van der Waals surface area contributed by atoms with Crippen molar-refractivity contribution >= 4 is 0 Å². The minimum atomic E-state index is -3.16. The Balaban J connectivity index is 1.52. The monoisotopic (exact) mass is 613 g/mol. The third-order valence-electron chi connectivity index (χ3n) is 7.28. The molecule has 0 radical (unpaired) electrons. The molecule has 2 aromatic heterocycles. The van der Waals surface area contributed by atoms with E-state index in [1.54, 1.807) is 19.2 Å². The van der Waals surface area contributed by atoms with Gasteiger partial charge in [-0.2, -0.15) is 13.9 Å². The lowest BCUT2D eigenvalue weighted by Crippen LogP contribution is -2.34. The van der Waals surface area contributed by atoms with Crippen LogP contribution in [-0.4, -0.2) is 80.6 Å². The van der Waals surface area contributed by atoms with Gasteiger partial charge in [0.2, 0.25) is 11.8 Å². The number of benzene rings is 1. The maximum absolute atomic E-state index is 14.7. The molecule has 14 heteroatoms. The summed E-state index contributed by atoms with van der Waals surface area (Å²) in [6.45, 7) is -1.30. The number of alkyl halides is 4. The molecule has 0 saturated carbocycles. The summed E-state index contributed by atoms with van der Waals surface area (Å²) in [7, 11) is 5.40. The lowest BCUT2D eigenvalue weighted by atomic mass is 9.98. The van der Waals surface area contributed by atoms with Gasteiger partial charge in [0.15, 0.2) is 0 Å². The molecule has 0 saturated heterocycles. The number of halogens is 4. The minimum absolute atomic E-state index is 0.0175. The summed E-state index contributed by atoms with van der Waals surface area (Å²) in [5, 5.41) is 8.31. The van der Waals surface area contributed by atoms with Gasteiger partial charge in [-0.15, -0.1) is 5.10 Å². The van der Waals surface area contributed by atoms with Crippen LogP contribution in [0.1, 0.15) is 17.7 Å². The first-order valence-electron chi connectivity index (χ1n) is 14.0. The third kappa shape index (κ3) is 5.86. The molecular weight excluding hydrogens is 582 g/mol. The van der Waals surface area contributed by atoms with Crippen molar-refractivity contribution in [1.29, 1.82) is 0 Å². The zero-order chi connectivity index (χ0) is 31.0. The first-order valence-corrected chi connectivity index (χ1v) is 14.0. The third-order valence-corrected chi connectivity index (χ3v) is 7.28. The highest BCUT2D eigenvalue weighted by molar-refractivity contribution is 5.97. The summed E-state index contributed by atoms with van der Waals surface area (Å²) in [6, 6.07) is 13.2. The van der Waals surface area contributed by atoms with Crippen LogP contribution in [0, 0.1) is 0 Å². The second kappa shape index (κ2) is 12.3. The van der Waals surface area contributed by atoms with Crippen molar-refractivity contribution < 1.29 is 31.8 Å². The summed E-state index contributed by atoms with van der Waals surface area (Å²) >= 11 is 0. The molecular formula is C30H31F4N7O3. The molecule has 0 spiro atoms. The molecule has 3 aromatic rings. The average molecular weight is 614 g/mol. The largest absolute Gasteiger partial charge is 0.474 e. The van der Waals surface area contributed by atoms with Gasteiger partial charge in [-0.1, -0.05) is 30.3 Å². The highest BCUT2D eigenvalue weighted by Crippen LogP contribution is 2.49. The van der Waals surface area contributed by atoms with Crippen molar-refractivity contribution in [2.24, 2.45) is 7.05 Å². The van der Waals surface area contributed by atoms with E-state index in [1.165, 1.54) is 15.6 Å². The molecule has 232 valence electrons. The molecule has 0 amide bonds. The van der Waals surface area contributed by atoms with Crippen LogP contribution in [0.3, 0.4) is 0 Å². The van der Waals surface area contributed by atoms with Gasteiger partial charge in [0.1, 0.15) is 24.2 Å². The summed E-state index contributed by atoms with van der Waals surface area (Å²) in [6.07, 6.45) is -0.0536. The molecule has 0 aliphatic carbocycles. The highest BCUT2D eigenvalue weighted by Gasteiger charge is 2.37. The predicted octanol–water partition coefficient (Wildman–Crippen LogP) is 5.18. The molecule has 3 aliphatic rings. The standard InChI is InChI=1S/C30H31F4N7O3/c1-38(2)12-13-42-19-15-41-29(43-17-19)23(25(36-41)26(31)32)24-22(21-16-39(3)37-28(21)44-30(33)34)20-10-7-11-40(27(20)35-24)14-18-8-5-4-6-9-18/h4-11,16,19,26,30H,12-15,17H2,1-3H3. The Morgan fingerprint density at radius 2 is 1.82 bits per heavy atom. The fourth-order valence-corrected chi connectivity index (χ4v) is 5.35. The Kier molecular flexibility index (Phi) is 8.27. The number of ether oxygens (including phenoxy) is 3. The molecule has 3 aliphatic heterocycles. The van der Waals surface area contributed by atoms with Crippen LogP contribution in [-0.2, 0) is 24.9 Å². The van der Waals surface area contributed by atoms with E-state index in [4.69, 9.17) is 19.2 Å². The number of nitrogens with zero attached hydrogens (tertiary/aromatic N) is 7. The maximum Gasteiger partial charge on any atom is 0.388 e. The van der Waals surface area contributed by atoms with Gasteiger partial charge in [-0.25, -0.2) is 18.4 Å². The number of pyridine rings is 1. The molecule has 1 atom stereocenters. The van der Waals surface area contributed by atoms with Crippen LogP contribution in [0.2, 0.25) is 0 Å². The molecule has 10 nitrogen and oxygen atoms in total. The molecule has 5 heterocycles. The molecule has 0 N–H and O–H groups in total. The van der Waals surface area contributed by atoms with Crippen LogP contribution in [0.15, 0.2) is 54.9 Å². The average Bonchev–Trinajstić information content (AvgIpc) is 3.65. The van der Waals surface area contributed by atoms with Crippen molar-refractivity contribution in [1.82, 2.24) is 34.0 Å². The van der Waals surface area contributed by atoms with Crippen LogP contribution in [0.4, 0.5) is 17.6 Å². The predicted molar refractivity (Wildman–Crippen MR) is 153 cm³/mol. The van der Waals surface area contributed by atoms with Crippen molar-refractivity contribution in [3.63, 3.8) is 0 Å². The lowest BCUT2D eigenvalue weighted by molar-refractivity contribution is -0.0527. The van der Waals surface area contributed by atoms with Crippen LogP contribution < -0.4 is 9.47 Å². The normalized spacial score (nSPS) is 15.0. The van der Waals surface area contributed by atoms with E-state index < -0.39 is 24.8 Å². The number of rotatable bonds is 11. The fraction of sp³-hybridized carbons (Fsp3) is 0.367. The Labute approximate surface area is 250 Å².